The van der Waals surface area contributed by atoms with Gasteiger partial charge in [-0.05, 0) is 18.2 Å². The number of rotatable bonds is 3. The summed E-state index contributed by atoms with van der Waals surface area (Å²) in [6, 6.07) is 8.55. The zero-order chi connectivity index (χ0) is 10.4. The summed E-state index contributed by atoms with van der Waals surface area (Å²) >= 11 is 0. The van der Waals surface area contributed by atoms with Crippen LogP contribution in [0.1, 0.15) is 5.56 Å². The van der Waals surface area contributed by atoms with Gasteiger partial charge < -0.3 is 9.47 Å². The van der Waals surface area contributed by atoms with Crippen molar-refractivity contribution in [2.24, 2.45) is 0 Å². The van der Waals surface area contributed by atoms with E-state index in [2.05, 4.69) is 4.74 Å². The first-order chi connectivity index (χ1) is 6.76. The molecule has 72 valence electrons. The third-order valence-corrected chi connectivity index (χ3v) is 1.55. The van der Waals surface area contributed by atoms with Gasteiger partial charge in [-0.15, -0.1) is 0 Å². The second-order valence-electron chi connectivity index (χ2n) is 2.50. The number of hydrogen-bond acceptors (Lipinski definition) is 4. The minimum Gasteiger partial charge on any atom is -0.482 e. The molecule has 0 saturated carbocycles. The molecule has 0 atom stereocenters. The van der Waals surface area contributed by atoms with E-state index in [1.165, 1.54) is 7.11 Å². The molecule has 0 unspecified atom stereocenters. The first-order valence-corrected chi connectivity index (χ1v) is 3.96. The Bertz CT molecular complexity index is 368. The zero-order valence-corrected chi connectivity index (χ0v) is 7.69. The van der Waals surface area contributed by atoms with Crippen LogP contribution in [0.25, 0.3) is 0 Å². The van der Waals surface area contributed by atoms with Gasteiger partial charge in [-0.25, -0.2) is 4.79 Å². The van der Waals surface area contributed by atoms with E-state index in [0.29, 0.717) is 11.3 Å². The van der Waals surface area contributed by atoms with Crippen LogP contribution in [0.2, 0.25) is 0 Å². The topological polar surface area (TPSA) is 59.3 Å². The molecule has 0 heterocycles. The average Bonchev–Trinajstić information content (AvgIpc) is 2.26. The van der Waals surface area contributed by atoms with Gasteiger partial charge in [0.15, 0.2) is 6.61 Å². The zero-order valence-electron chi connectivity index (χ0n) is 7.69. The molecular formula is C10H9NO3. The van der Waals surface area contributed by atoms with Gasteiger partial charge in [0.1, 0.15) is 5.75 Å². The third-order valence-electron chi connectivity index (χ3n) is 1.55. The minimum atomic E-state index is -0.452. The Morgan fingerprint density at radius 1 is 1.57 bits per heavy atom. The normalized spacial score (nSPS) is 8.86. The van der Waals surface area contributed by atoms with E-state index >= 15 is 0 Å². The van der Waals surface area contributed by atoms with Crippen LogP contribution in [0.15, 0.2) is 24.3 Å². The predicted octanol–water partition coefficient (Wildman–Crippen LogP) is 1.11. The van der Waals surface area contributed by atoms with Crippen molar-refractivity contribution in [1.29, 1.82) is 5.26 Å². The highest BCUT2D eigenvalue weighted by Crippen LogP contribution is 2.12. The lowest BCUT2D eigenvalue weighted by Crippen LogP contribution is -2.12. The van der Waals surface area contributed by atoms with Gasteiger partial charge in [0.25, 0.3) is 0 Å². The Morgan fingerprint density at radius 3 is 3.00 bits per heavy atom. The lowest BCUT2D eigenvalue weighted by molar-refractivity contribution is -0.142. The Kier molecular flexibility index (Phi) is 3.50. The molecule has 1 rings (SSSR count). The monoisotopic (exact) mass is 191 g/mol. The van der Waals surface area contributed by atoms with Crippen LogP contribution in [0.4, 0.5) is 0 Å². The van der Waals surface area contributed by atoms with Gasteiger partial charge in [-0.3, -0.25) is 0 Å². The molecule has 0 radical (unpaired) electrons. The fraction of sp³-hybridized carbons (Fsp3) is 0.200. The molecule has 1 aromatic carbocycles. The quantitative estimate of drug-likeness (QED) is 0.671. The number of carbonyl (C=O) groups is 1. The number of nitrogens with zero attached hydrogens (tertiary/aromatic N) is 1. The van der Waals surface area contributed by atoms with E-state index in [4.69, 9.17) is 10.00 Å². The molecular weight excluding hydrogens is 182 g/mol. The van der Waals surface area contributed by atoms with E-state index in [-0.39, 0.29) is 6.61 Å². The summed E-state index contributed by atoms with van der Waals surface area (Å²) in [4.78, 5) is 10.7. The lowest BCUT2D eigenvalue weighted by atomic mass is 10.2. The molecule has 0 N–H and O–H groups in total. The van der Waals surface area contributed by atoms with Crippen LogP contribution in [0, 0.1) is 11.3 Å². The third kappa shape index (κ3) is 2.79. The first kappa shape index (κ1) is 10.1. The minimum absolute atomic E-state index is 0.147. The van der Waals surface area contributed by atoms with Crippen molar-refractivity contribution >= 4 is 5.97 Å². The molecule has 0 fully saturated rings. The summed E-state index contributed by atoms with van der Waals surface area (Å²) in [7, 11) is 1.29. The van der Waals surface area contributed by atoms with Crippen molar-refractivity contribution in [2.45, 2.75) is 0 Å². The lowest BCUT2D eigenvalue weighted by Gasteiger charge is -2.03. The number of carbonyl (C=O) groups excluding carboxylic acids is 1. The SMILES string of the molecule is COC(=O)COc1cccc(C#N)c1. The van der Waals surface area contributed by atoms with Gasteiger partial charge >= 0.3 is 5.97 Å². The second-order valence-corrected chi connectivity index (χ2v) is 2.50. The number of hydrogen-bond donors (Lipinski definition) is 0. The van der Waals surface area contributed by atoms with E-state index in [9.17, 15) is 4.79 Å². The molecule has 0 saturated heterocycles. The van der Waals surface area contributed by atoms with Crippen molar-refractivity contribution < 1.29 is 14.3 Å². The van der Waals surface area contributed by atoms with E-state index in [1.807, 2.05) is 6.07 Å². The van der Waals surface area contributed by atoms with Crippen molar-refractivity contribution in [2.75, 3.05) is 13.7 Å². The molecule has 1 aromatic rings. The van der Waals surface area contributed by atoms with Gasteiger partial charge in [0.2, 0.25) is 0 Å². The number of methoxy groups -OCH3 is 1. The summed E-state index contributed by atoms with van der Waals surface area (Å²) in [6.07, 6.45) is 0. The Hall–Kier alpha value is -2.02. The number of esters is 1. The molecule has 0 aliphatic heterocycles. The van der Waals surface area contributed by atoms with Crippen molar-refractivity contribution in [3.05, 3.63) is 29.8 Å². The Balaban J connectivity index is 2.60. The molecule has 14 heavy (non-hydrogen) atoms. The average molecular weight is 191 g/mol. The van der Waals surface area contributed by atoms with E-state index < -0.39 is 5.97 Å². The van der Waals surface area contributed by atoms with Crippen LogP contribution >= 0.6 is 0 Å². The van der Waals surface area contributed by atoms with Crippen LogP contribution in [0.5, 0.6) is 5.75 Å². The van der Waals surface area contributed by atoms with E-state index in [1.54, 1.807) is 24.3 Å². The van der Waals surface area contributed by atoms with Crippen molar-refractivity contribution in [3.8, 4) is 11.8 Å². The summed E-state index contributed by atoms with van der Waals surface area (Å²) < 4.78 is 9.48. The van der Waals surface area contributed by atoms with Crippen molar-refractivity contribution in [1.82, 2.24) is 0 Å². The smallest absolute Gasteiger partial charge is 0.343 e. The number of benzene rings is 1. The van der Waals surface area contributed by atoms with Gasteiger partial charge in [-0.1, -0.05) is 6.07 Å². The standard InChI is InChI=1S/C10H9NO3/c1-13-10(12)7-14-9-4-2-3-8(5-9)6-11/h2-5H,7H2,1H3. The molecule has 0 aromatic heterocycles. The maximum Gasteiger partial charge on any atom is 0.343 e. The molecule has 0 aliphatic rings. The second kappa shape index (κ2) is 4.87. The van der Waals surface area contributed by atoms with Crippen LogP contribution in [0.3, 0.4) is 0 Å². The Labute approximate surface area is 81.7 Å². The van der Waals surface area contributed by atoms with Gasteiger partial charge in [-0.2, -0.15) is 5.26 Å². The fourth-order valence-electron chi connectivity index (χ4n) is 0.857. The molecule has 4 nitrogen and oxygen atoms in total. The van der Waals surface area contributed by atoms with Crippen molar-refractivity contribution in [3.63, 3.8) is 0 Å². The first-order valence-electron chi connectivity index (χ1n) is 3.96. The number of ether oxygens (including phenoxy) is 2. The largest absolute Gasteiger partial charge is 0.482 e. The molecule has 0 spiro atoms. The van der Waals surface area contributed by atoms with Gasteiger partial charge in [0.05, 0.1) is 18.7 Å². The molecule has 0 amide bonds. The highest BCUT2D eigenvalue weighted by molar-refractivity contribution is 5.70. The van der Waals surface area contributed by atoms with Gasteiger partial charge in [0, 0.05) is 0 Å². The van der Waals surface area contributed by atoms with E-state index in [0.717, 1.165) is 0 Å². The summed E-state index contributed by atoms with van der Waals surface area (Å²) in [5, 5.41) is 8.59. The van der Waals surface area contributed by atoms with Crippen LogP contribution in [-0.4, -0.2) is 19.7 Å². The summed E-state index contributed by atoms with van der Waals surface area (Å²) in [5.41, 5.74) is 0.493. The maximum atomic E-state index is 10.7. The predicted molar refractivity (Wildman–Crippen MR) is 48.7 cm³/mol. The molecule has 0 bridgehead atoms. The van der Waals surface area contributed by atoms with Crippen LogP contribution < -0.4 is 4.74 Å². The molecule has 0 aliphatic carbocycles. The van der Waals surface area contributed by atoms with Crippen LogP contribution in [-0.2, 0) is 9.53 Å². The summed E-state index contributed by atoms with van der Waals surface area (Å²) in [6.45, 7) is -0.147. The maximum absolute atomic E-state index is 10.7. The molecule has 4 heteroatoms. The Morgan fingerprint density at radius 2 is 2.36 bits per heavy atom. The fourth-order valence-corrected chi connectivity index (χ4v) is 0.857. The highest BCUT2D eigenvalue weighted by Gasteiger charge is 2.01. The number of nitriles is 1. The highest BCUT2D eigenvalue weighted by atomic mass is 16.6. The summed E-state index contributed by atoms with van der Waals surface area (Å²) in [5.74, 6) is 0.0295.